The highest BCUT2D eigenvalue weighted by Gasteiger charge is 2.24. The van der Waals surface area contributed by atoms with Crippen molar-refractivity contribution in [3.63, 3.8) is 0 Å². The van der Waals surface area contributed by atoms with Crippen LogP contribution in [0.2, 0.25) is 0 Å². The third-order valence-electron chi connectivity index (χ3n) is 9.20. The van der Waals surface area contributed by atoms with E-state index in [9.17, 15) is 4.79 Å². The number of anilines is 2. The zero-order valence-electron chi connectivity index (χ0n) is 29.0. The van der Waals surface area contributed by atoms with Crippen LogP contribution in [0.5, 0.6) is 0 Å². The summed E-state index contributed by atoms with van der Waals surface area (Å²) in [5.41, 5.74) is 2.02. The van der Waals surface area contributed by atoms with Gasteiger partial charge in [0, 0.05) is 99.2 Å². The molecule has 4 aromatic carbocycles. The first kappa shape index (κ1) is 35.8. The number of ether oxygens (including phenoxy) is 2. The second-order valence-corrected chi connectivity index (χ2v) is 17.5. The number of rotatable bonds is 4. The van der Waals surface area contributed by atoms with Crippen LogP contribution in [0, 0.1) is 4.51 Å². The molecule has 6 heterocycles. The van der Waals surface area contributed by atoms with Crippen molar-refractivity contribution in [3.8, 4) is 22.6 Å². The Balaban J connectivity index is 0.000000142. The molecule has 6 aromatic rings. The topological polar surface area (TPSA) is 68.3 Å². The zero-order valence-corrected chi connectivity index (χ0v) is 33.1. The minimum absolute atomic E-state index is 0.0378. The molecule has 0 radical (unpaired) electrons. The van der Waals surface area contributed by atoms with E-state index >= 15 is 0 Å². The van der Waals surface area contributed by atoms with Gasteiger partial charge in [0.05, 0.1) is 26.4 Å². The van der Waals surface area contributed by atoms with E-state index in [4.69, 9.17) is 30.5 Å². The molecule has 10 rings (SSSR count). The molecule has 0 atom stereocenters. The molecule has 0 aliphatic carbocycles. The molecular formula is C42H34N2O5S5. The number of nitrogens with zero attached hydrogens (tertiary/aromatic N) is 2. The fourth-order valence-electron chi connectivity index (χ4n) is 6.56. The lowest BCUT2D eigenvalue weighted by Crippen LogP contribution is -2.36. The van der Waals surface area contributed by atoms with Gasteiger partial charge >= 0.3 is 0 Å². The molecule has 54 heavy (non-hydrogen) atoms. The summed E-state index contributed by atoms with van der Waals surface area (Å²) < 4.78 is 24.2. The summed E-state index contributed by atoms with van der Waals surface area (Å²) >= 11 is 12.7. The molecule has 4 aliphatic rings. The highest BCUT2D eigenvalue weighted by Crippen LogP contribution is 2.53. The van der Waals surface area contributed by atoms with Gasteiger partial charge < -0.3 is 28.1 Å². The molecule has 7 nitrogen and oxygen atoms in total. The van der Waals surface area contributed by atoms with E-state index < -0.39 is 0 Å². The van der Waals surface area contributed by atoms with E-state index in [1.807, 2.05) is 36.0 Å². The maximum Gasteiger partial charge on any atom is 0.200 e. The van der Waals surface area contributed by atoms with Crippen LogP contribution in [0.25, 0.3) is 22.6 Å². The van der Waals surface area contributed by atoms with E-state index in [1.165, 1.54) is 34.3 Å². The summed E-state index contributed by atoms with van der Waals surface area (Å²) in [4.78, 5) is 26.5. The monoisotopic (exact) mass is 806 g/mol. The fraction of sp³-hybridized carbons (Fsp3) is 0.190. The Morgan fingerprint density at radius 3 is 1.41 bits per heavy atom. The molecule has 0 bridgehead atoms. The second kappa shape index (κ2) is 16.1. The summed E-state index contributed by atoms with van der Waals surface area (Å²) in [6.45, 7) is 5.86. The van der Waals surface area contributed by atoms with Gasteiger partial charge in [-0.1, -0.05) is 108 Å². The Bertz CT molecular complexity index is 2290. The van der Waals surface area contributed by atoms with Gasteiger partial charge in [0.2, 0.25) is 0 Å². The Hall–Kier alpha value is -3.88. The van der Waals surface area contributed by atoms with Gasteiger partial charge in [0.15, 0.2) is 17.2 Å². The minimum Gasteiger partial charge on any atom is -0.440 e. The molecule has 2 fully saturated rings. The van der Waals surface area contributed by atoms with Crippen LogP contribution < -0.4 is 15.2 Å². The average molecular weight is 807 g/mol. The van der Waals surface area contributed by atoms with E-state index in [1.54, 1.807) is 47.4 Å². The van der Waals surface area contributed by atoms with Gasteiger partial charge in [-0.2, -0.15) is 0 Å². The molecule has 0 N–H and O–H groups in total. The van der Waals surface area contributed by atoms with E-state index in [2.05, 4.69) is 82.6 Å². The molecule has 2 aromatic heterocycles. The third kappa shape index (κ3) is 7.66. The van der Waals surface area contributed by atoms with Crippen LogP contribution in [0.3, 0.4) is 0 Å². The molecule has 12 heteroatoms. The zero-order chi connectivity index (χ0) is 36.4. The lowest BCUT2D eigenvalue weighted by molar-refractivity contribution is 0.120. The number of hydrogen-bond acceptors (Lipinski definition) is 12. The SMILES string of the molecule is O=c1cc(-c2cccc3c2Sc2ccccc2S3)oc(N2CCOCC2)c1.S=c1cc(-c2cccc3c2Sc2ccccc2S3)oc(N2CCOCC2)c1. The standard InChI is InChI=1S/C21H17NO3S2.C21H17NO2S3/c23-14-12-16(25-20(13-14)22-8-10-24-11-9-22)15-4-3-7-19-21(15)27-18-6-2-1-5-17(18)26-19;25-14-12-16(24-20(13-14)22-8-10-23-11-9-22)15-4-3-7-19-21(15)27-18-6-2-1-5-17(18)26-19/h2*1-7,12-13H,8-11H2. The van der Waals surface area contributed by atoms with Crippen LogP contribution in [0.1, 0.15) is 0 Å². The third-order valence-corrected chi connectivity index (χ3v) is 14.7. The first-order chi connectivity index (χ1) is 26.6. The molecule has 0 unspecified atom stereocenters. The van der Waals surface area contributed by atoms with Crippen LogP contribution in [0.15, 0.2) is 162 Å². The second-order valence-electron chi connectivity index (χ2n) is 12.8. The molecule has 2 saturated heterocycles. The maximum absolute atomic E-state index is 12.4. The smallest absolute Gasteiger partial charge is 0.200 e. The van der Waals surface area contributed by atoms with Gasteiger partial charge in [-0.3, -0.25) is 4.79 Å². The van der Waals surface area contributed by atoms with Crippen molar-refractivity contribution >= 4 is 71.0 Å². The molecular weight excluding hydrogens is 773 g/mol. The van der Waals surface area contributed by atoms with Crippen molar-refractivity contribution in [2.45, 2.75) is 39.2 Å². The van der Waals surface area contributed by atoms with Gasteiger partial charge in [0.1, 0.15) is 11.5 Å². The van der Waals surface area contributed by atoms with Crippen molar-refractivity contribution in [2.75, 3.05) is 62.4 Å². The van der Waals surface area contributed by atoms with Crippen LogP contribution >= 0.6 is 59.3 Å². The molecule has 0 amide bonds. The first-order valence-electron chi connectivity index (χ1n) is 17.7. The van der Waals surface area contributed by atoms with Gasteiger partial charge in [0.25, 0.3) is 0 Å². The van der Waals surface area contributed by atoms with E-state index in [0.29, 0.717) is 24.9 Å². The average Bonchev–Trinajstić information content (AvgIpc) is 3.22. The molecule has 0 spiro atoms. The van der Waals surface area contributed by atoms with Gasteiger partial charge in [-0.05, 0) is 42.5 Å². The van der Waals surface area contributed by atoms with E-state index in [0.717, 1.165) is 71.6 Å². The van der Waals surface area contributed by atoms with Crippen LogP contribution in [-0.2, 0) is 9.47 Å². The maximum atomic E-state index is 12.4. The van der Waals surface area contributed by atoms with E-state index in [-0.39, 0.29) is 5.43 Å². The summed E-state index contributed by atoms with van der Waals surface area (Å²) in [7, 11) is 0. The van der Waals surface area contributed by atoms with Crippen LogP contribution in [0.4, 0.5) is 11.8 Å². The normalized spacial score (nSPS) is 15.9. The summed E-state index contributed by atoms with van der Waals surface area (Å²) in [6, 6.07) is 36.5. The lowest BCUT2D eigenvalue weighted by atomic mass is 10.1. The Morgan fingerprint density at radius 2 is 0.907 bits per heavy atom. The summed E-state index contributed by atoms with van der Waals surface area (Å²) in [5, 5.41) is 0. The highest BCUT2D eigenvalue weighted by atomic mass is 32.2. The van der Waals surface area contributed by atoms with Gasteiger partial charge in [-0.15, -0.1) is 0 Å². The summed E-state index contributed by atoms with van der Waals surface area (Å²) in [6.07, 6.45) is 0. The summed E-state index contributed by atoms with van der Waals surface area (Å²) in [5.74, 6) is 2.89. The van der Waals surface area contributed by atoms with Gasteiger partial charge in [-0.25, -0.2) is 0 Å². The number of benzene rings is 4. The molecule has 272 valence electrons. The highest BCUT2D eigenvalue weighted by molar-refractivity contribution is 8.05. The van der Waals surface area contributed by atoms with Crippen molar-refractivity contribution < 1.29 is 18.3 Å². The van der Waals surface area contributed by atoms with Crippen molar-refractivity contribution in [1.29, 1.82) is 0 Å². The molecule has 4 aliphatic heterocycles. The fourth-order valence-corrected chi connectivity index (χ4v) is 11.5. The number of morpholine rings is 2. The number of fused-ring (bicyclic) bond motifs is 4. The Kier molecular flexibility index (Phi) is 10.7. The van der Waals surface area contributed by atoms with Crippen LogP contribution in [-0.4, -0.2) is 52.6 Å². The minimum atomic E-state index is -0.0378. The molecule has 0 saturated carbocycles. The number of hydrogen-bond donors (Lipinski definition) is 0. The van der Waals surface area contributed by atoms with Crippen molar-refractivity contribution in [2.24, 2.45) is 0 Å². The quantitative estimate of drug-likeness (QED) is 0.159. The lowest BCUT2D eigenvalue weighted by Gasteiger charge is -2.27. The Labute approximate surface area is 335 Å². The predicted molar refractivity (Wildman–Crippen MR) is 221 cm³/mol. The van der Waals surface area contributed by atoms with Crippen molar-refractivity contribution in [3.05, 3.63) is 124 Å². The van der Waals surface area contributed by atoms with Crippen molar-refractivity contribution in [1.82, 2.24) is 0 Å². The largest absolute Gasteiger partial charge is 0.440 e. The Morgan fingerprint density at radius 1 is 0.481 bits per heavy atom. The first-order valence-corrected chi connectivity index (χ1v) is 21.4. The predicted octanol–water partition coefficient (Wildman–Crippen LogP) is 10.9.